The van der Waals surface area contributed by atoms with Crippen molar-refractivity contribution in [2.24, 2.45) is 5.41 Å². The van der Waals surface area contributed by atoms with Crippen molar-refractivity contribution in [3.63, 3.8) is 0 Å². The average molecular weight is 314 g/mol. The number of benzene rings is 1. The van der Waals surface area contributed by atoms with Crippen LogP contribution < -0.4 is 0 Å². The molecule has 124 valence electrons. The van der Waals surface area contributed by atoms with Crippen molar-refractivity contribution in [1.82, 2.24) is 9.80 Å². The molecule has 0 saturated carbocycles. The van der Waals surface area contributed by atoms with Gasteiger partial charge in [-0.2, -0.15) is 0 Å². The zero-order valence-corrected chi connectivity index (χ0v) is 14.0. The van der Waals surface area contributed by atoms with Crippen molar-refractivity contribution in [2.75, 3.05) is 32.8 Å². The normalized spacial score (nSPS) is 31.6. The van der Waals surface area contributed by atoms with Crippen LogP contribution in [0.15, 0.2) is 24.3 Å². The van der Waals surface area contributed by atoms with E-state index < -0.39 is 0 Å². The molecule has 3 aliphatic rings. The van der Waals surface area contributed by atoms with Gasteiger partial charge < -0.3 is 9.64 Å². The summed E-state index contributed by atoms with van der Waals surface area (Å²) in [4.78, 5) is 17.6. The molecule has 3 heterocycles. The minimum Gasteiger partial charge on any atom is -0.380 e. The molecule has 0 aromatic heterocycles. The first-order chi connectivity index (χ1) is 11.2. The standard InChI is InChI=1S/C19H26N2O2/c1-15-3-2-4-16(11-15)12-20-8-6-19(18(20)22)7-9-21(14-19)17-5-10-23-13-17/h2-4,11,17H,5-10,12-14H2,1H3. The Balaban J connectivity index is 1.43. The summed E-state index contributed by atoms with van der Waals surface area (Å²) in [5.74, 6) is 0.375. The largest absolute Gasteiger partial charge is 0.380 e. The highest BCUT2D eigenvalue weighted by Crippen LogP contribution is 2.42. The van der Waals surface area contributed by atoms with E-state index in [0.29, 0.717) is 11.9 Å². The van der Waals surface area contributed by atoms with E-state index in [1.807, 2.05) is 0 Å². The third kappa shape index (κ3) is 2.79. The van der Waals surface area contributed by atoms with Gasteiger partial charge in [-0.3, -0.25) is 9.69 Å². The summed E-state index contributed by atoms with van der Waals surface area (Å²) in [6, 6.07) is 9.04. The lowest BCUT2D eigenvalue weighted by Gasteiger charge is -2.26. The van der Waals surface area contributed by atoms with E-state index in [4.69, 9.17) is 4.74 Å². The van der Waals surface area contributed by atoms with Gasteiger partial charge in [-0.15, -0.1) is 0 Å². The second kappa shape index (κ2) is 5.91. The van der Waals surface area contributed by atoms with Crippen molar-refractivity contribution in [2.45, 2.75) is 38.8 Å². The molecule has 1 aromatic carbocycles. The Kier molecular flexibility index (Phi) is 3.90. The maximum absolute atomic E-state index is 13.0. The van der Waals surface area contributed by atoms with Gasteiger partial charge in [-0.1, -0.05) is 29.8 Å². The second-order valence-corrected chi connectivity index (χ2v) is 7.48. The molecule has 1 aromatic rings. The number of nitrogens with zero attached hydrogens (tertiary/aromatic N) is 2. The van der Waals surface area contributed by atoms with Crippen molar-refractivity contribution in [1.29, 1.82) is 0 Å². The summed E-state index contributed by atoms with van der Waals surface area (Å²) in [5.41, 5.74) is 2.39. The van der Waals surface area contributed by atoms with Crippen LogP contribution in [-0.4, -0.2) is 54.6 Å². The van der Waals surface area contributed by atoms with Crippen LogP contribution in [0.2, 0.25) is 0 Å². The molecule has 23 heavy (non-hydrogen) atoms. The van der Waals surface area contributed by atoms with E-state index in [0.717, 1.165) is 58.7 Å². The van der Waals surface area contributed by atoms with Crippen LogP contribution in [0.3, 0.4) is 0 Å². The van der Waals surface area contributed by atoms with Crippen LogP contribution in [-0.2, 0) is 16.1 Å². The number of carbonyl (C=O) groups excluding carboxylic acids is 1. The van der Waals surface area contributed by atoms with Gasteiger partial charge in [-0.25, -0.2) is 0 Å². The van der Waals surface area contributed by atoms with Crippen LogP contribution in [0.4, 0.5) is 0 Å². The molecule has 3 saturated heterocycles. The molecule has 1 amide bonds. The SMILES string of the molecule is Cc1cccc(CN2CCC3(CCN(C4CCOC4)C3)C2=O)c1. The van der Waals surface area contributed by atoms with Crippen LogP contribution in [0.5, 0.6) is 0 Å². The number of aryl methyl sites for hydroxylation is 1. The van der Waals surface area contributed by atoms with E-state index in [1.165, 1.54) is 11.1 Å². The second-order valence-electron chi connectivity index (χ2n) is 7.48. The molecular weight excluding hydrogens is 288 g/mol. The van der Waals surface area contributed by atoms with Crippen LogP contribution in [0.1, 0.15) is 30.4 Å². The molecule has 2 unspecified atom stereocenters. The molecule has 0 aliphatic carbocycles. The topological polar surface area (TPSA) is 32.8 Å². The molecule has 3 fully saturated rings. The fourth-order valence-corrected chi connectivity index (χ4v) is 4.48. The molecular formula is C19H26N2O2. The average Bonchev–Trinajstić information content (AvgIpc) is 3.25. The van der Waals surface area contributed by atoms with Gasteiger partial charge in [0.05, 0.1) is 12.0 Å². The van der Waals surface area contributed by atoms with Gasteiger partial charge in [0.1, 0.15) is 0 Å². The quantitative estimate of drug-likeness (QED) is 0.857. The fourth-order valence-electron chi connectivity index (χ4n) is 4.48. The maximum atomic E-state index is 13.0. The summed E-state index contributed by atoms with van der Waals surface area (Å²) < 4.78 is 5.52. The number of likely N-dealkylation sites (tertiary alicyclic amines) is 2. The Hall–Kier alpha value is -1.39. The van der Waals surface area contributed by atoms with E-state index in [9.17, 15) is 4.79 Å². The Morgan fingerprint density at radius 2 is 2.17 bits per heavy atom. The Morgan fingerprint density at radius 1 is 1.30 bits per heavy atom. The molecule has 2 atom stereocenters. The molecule has 0 N–H and O–H groups in total. The summed E-state index contributed by atoms with van der Waals surface area (Å²) in [6.07, 6.45) is 3.16. The van der Waals surface area contributed by atoms with Crippen molar-refractivity contribution >= 4 is 5.91 Å². The molecule has 4 nitrogen and oxygen atoms in total. The van der Waals surface area contributed by atoms with Gasteiger partial charge in [0.15, 0.2) is 0 Å². The number of amides is 1. The molecule has 4 rings (SSSR count). The predicted molar refractivity (Wildman–Crippen MR) is 89.1 cm³/mol. The summed E-state index contributed by atoms with van der Waals surface area (Å²) in [7, 11) is 0. The third-order valence-corrected chi connectivity index (χ3v) is 5.86. The van der Waals surface area contributed by atoms with Crippen LogP contribution in [0, 0.1) is 12.3 Å². The van der Waals surface area contributed by atoms with E-state index in [2.05, 4.69) is 41.0 Å². The minimum atomic E-state index is -0.119. The van der Waals surface area contributed by atoms with E-state index in [-0.39, 0.29) is 5.41 Å². The number of carbonyl (C=O) groups is 1. The van der Waals surface area contributed by atoms with Crippen molar-refractivity contribution in [3.8, 4) is 0 Å². The highest BCUT2D eigenvalue weighted by molar-refractivity contribution is 5.85. The van der Waals surface area contributed by atoms with Gasteiger partial charge in [0.25, 0.3) is 0 Å². The fraction of sp³-hybridized carbons (Fsp3) is 0.632. The molecule has 3 aliphatic heterocycles. The van der Waals surface area contributed by atoms with E-state index in [1.54, 1.807) is 0 Å². The minimum absolute atomic E-state index is 0.119. The smallest absolute Gasteiger partial charge is 0.230 e. The first kappa shape index (κ1) is 15.2. The Labute approximate surface area is 138 Å². The van der Waals surface area contributed by atoms with Crippen molar-refractivity contribution < 1.29 is 9.53 Å². The van der Waals surface area contributed by atoms with Gasteiger partial charge in [-0.05, 0) is 38.3 Å². The number of rotatable bonds is 3. The van der Waals surface area contributed by atoms with Crippen molar-refractivity contribution in [3.05, 3.63) is 35.4 Å². The highest BCUT2D eigenvalue weighted by Gasteiger charge is 2.51. The third-order valence-electron chi connectivity index (χ3n) is 5.86. The monoisotopic (exact) mass is 314 g/mol. The first-order valence-electron chi connectivity index (χ1n) is 8.83. The summed E-state index contributed by atoms with van der Waals surface area (Å²) in [5, 5.41) is 0. The highest BCUT2D eigenvalue weighted by atomic mass is 16.5. The predicted octanol–water partition coefficient (Wildman–Crippen LogP) is 2.21. The van der Waals surface area contributed by atoms with Crippen LogP contribution in [0.25, 0.3) is 0 Å². The van der Waals surface area contributed by atoms with Gasteiger partial charge in [0.2, 0.25) is 5.91 Å². The lowest BCUT2D eigenvalue weighted by atomic mass is 9.85. The lowest BCUT2D eigenvalue weighted by Crippen LogP contribution is -2.39. The first-order valence-corrected chi connectivity index (χ1v) is 8.83. The zero-order chi connectivity index (χ0) is 15.9. The van der Waals surface area contributed by atoms with Gasteiger partial charge >= 0.3 is 0 Å². The Bertz CT molecular complexity index is 597. The van der Waals surface area contributed by atoms with E-state index >= 15 is 0 Å². The molecule has 4 heteroatoms. The molecule has 1 spiro atoms. The number of hydrogen-bond donors (Lipinski definition) is 0. The number of hydrogen-bond acceptors (Lipinski definition) is 3. The van der Waals surface area contributed by atoms with Crippen LogP contribution >= 0.6 is 0 Å². The maximum Gasteiger partial charge on any atom is 0.230 e. The molecule has 0 radical (unpaired) electrons. The van der Waals surface area contributed by atoms with Gasteiger partial charge in [0, 0.05) is 32.3 Å². The zero-order valence-electron chi connectivity index (χ0n) is 14.0. The summed E-state index contributed by atoms with van der Waals surface area (Å²) in [6.45, 7) is 7.48. The molecule has 0 bridgehead atoms. The number of ether oxygens (including phenoxy) is 1. The summed E-state index contributed by atoms with van der Waals surface area (Å²) >= 11 is 0. The Morgan fingerprint density at radius 3 is 2.96 bits per heavy atom. The lowest BCUT2D eigenvalue weighted by molar-refractivity contribution is -0.136.